The van der Waals surface area contributed by atoms with Gasteiger partial charge in [-0.1, -0.05) is 0 Å². The topological polar surface area (TPSA) is 62.1 Å². The van der Waals surface area contributed by atoms with Gasteiger partial charge in [0.05, 0.1) is 12.7 Å². The first kappa shape index (κ1) is 17.4. The molecule has 0 radical (unpaired) electrons. The van der Waals surface area contributed by atoms with E-state index in [9.17, 15) is 9.90 Å². The van der Waals surface area contributed by atoms with E-state index in [0.29, 0.717) is 16.1 Å². The third-order valence-electron chi connectivity index (χ3n) is 3.93. The molecule has 0 atom stereocenters. The summed E-state index contributed by atoms with van der Waals surface area (Å²) in [5.74, 6) is -0.184. The molecule has 0 spiro atoms. The Balaban J connectivity index is 2.02. The van der Waals surface area contributed by atoms with Crippen molar-refractivity contribution in [1.82, 2.24) is 4.90 Å². The molecule has 1 N–H and O–H groups in total. The summed E-state index contributed by atoms with van der Waals surface area (Å²) in [7, 11) is 3.45. The highest BCUT2D eigenvalue weighted by atomic mass is 127. The van der Waals surface area contributed by atoms with Crippen molar-refractivity contribution in [1.29, 1.82) is 0 Å². The van der Waals surface area contributed by atoms with Crippen LogP contribution in [0.4, 0.5) is 5.00 Å². The maximum absolute atomic E-state index is 12.2. The van der Waals surface area contributed by atoms with Gasteiger partial charge in [0.15, 0.2) is 0 Å². The number of aliphatic imine (C=N–C) groups is 1. The second-order valence-electron chi connectivity index (χ2n) is 5.62. The lowest BCUT2D eigenvalue weighted by Gasteiger charge is -2.22. The predicted octanol–water partition coefficient (Wildman–Crippen LogP) is 3.58. The third kappa shape index (κ3) is 3.47. The standard InChI is InChI=1S/C17H17IN2O3S/c1-20-6-5-12-14(9-20)24-16(15(12)17(22)23-2)19-8-10-7-11(18)3-4-13(10)21/h3-4,7-8,21H,5-6,9H2,1-2H3/b19-8+. The van der Waals surface area contributed by atoms with Crippen LogP contribution in [0, 0.1) is 3.57 Å². The number of ether oxygens (including phenoxy) is 1. The molecule has 0 unspecified atom stereocenters. The van der Waals surface area contributed by atoms with Crippen molar-refractivity contribution in [3.8, 4) is 5.75 Å². The monoisotopic (exact) mass is 456 g/mol. The maximum atomic E-state index is 12.2. The lowest BCUT2D eigenvalue weighted by molar-refractivity contribution is 0.0600. The Labute approximate surface area is 158 Å². The number of phenols is 1. The zero-order valence-electron chi connectivity index (χ0n) is 13.4. The molecule has 1 aromatic carbocycles. The summed E-state index contributed by atoms with van der Waals surface area (Å²) >= 11 is 3.70. The lowest BCUT2D eigenvalue weighted by Crippen LogP contribution is -2.26. The number of hydrogen-bond donors (Lipinski definition) is 1. The zero-order valence-corrected chi connectivity index (χ0v) is 16.3. The molecule has 7 heteroatoms. The minimum atomic E-state index is -0.351. The van der Waals surface area contributed by atoms with E-state index in [1.165, 1.54) is 18.4 Å². The summed E-state index contributed by atoms with van der Waals surface area (Å²) in [6.07, 6.45) is 2.42. The van der Waals surface area contributed by atoms with E-state index in [1.54, 1.807) is 12.3 Å². The number of thiophene rings is 1. The average molecular weight is 456 g/mol. The molecule has 3 rings (SSSR count). The number of aromatic hydroxyl groups is 1. The number of benzene rings is 1. The molecule has 0 aliphatic carbocycles. The second kappa shape index (κ2) is 7.20. The van der Waals surface area contributed by atoms with Crippen molar-refractivity contribution >= 4 is 51.1 Å². The van der Waals surface area contributed by atoms with E-state index in [0.717, 1.165) is 33.5 Å². The Bertz CT molecular complexity index is 816. The van der Waals surface area contributed by atoms with Crippen molar-refractivity contribution in [3.63, 3.8) is 0 Å². The third-order valence-corrected chi connectivity index (χ3v) is 5.72. The Hall–Kier alpha value is -1.45. The smallest absolute Gasteiger partial charge is 0.341 e. The maximum Gasteiger partial charge on any atom is 0.341 e. The van der Waals surface area contributed by atoms with E-state index in [-0.39, 0.29) is 11.7 Å². The molecule has 2 heterocycles. The van der Waals surface area contributed by atoms with Gasteiger partial charge in [-0.3, -0.25) is 0 Å². The molecular formula is C17H17IN2O3S. The normalized spacial score (nSPS) is 14.8. The Kier molecular flexibility index (Phi) is 5.21. The van der Waals surface area contributed by atoms with Crippen LogP contribution >= 0.6 is 33.9 Å². The zero-order chi connectivity index (χ0) is 17.3. The van der Waals surface area contributed by atoms with Crippen LogP contribution in [0.25, 0.3) is 0 Å². The van der Waals surface area contributed by atoms with Crippen LogP contribution in [-0.2, 0) is 17.7 Å². The molecule has 0 amide bonds. The highest BCUT2D eigenvalue weighted by Gasteiger charge is 2.27. The molecule has 1 aliphatic rings. The summed E-state index contributed by atoms with van der Waals surface area (Å²) in [5.41, 5.74) is 2.23. The van der Waals surface area contributed by atoms with Gasteiger partial charge >= 0.3 is 5.97 Å². The van der Waals surface area contributed by atoms with E-state index < -0.39 is 0 Å². The van der Waals surface area contributed by atoms with Crippen LogP contribution in [0.3, 0.4) is 0 Å². The van der Waals surface area contributed by atoms with Crippen LogP contribution in [0.15, 0.2) is 23.2 Å². The summed E-state index contributed by atoms with van der Waals surface area (Å²) in [5, 5.41) is 10.6. The highest BCUT2D eigenvalue weighted by molar-refractivity contribution is 14.1. The SMILES string of the molecule is COC(=O)c1c(/N=C/c2cc(I)ccc2O)sc2c1CCN(C)C2. The van der Waals surface area contributed by atoms with Gasteiger partial charge in [0, 0.05) is 33.3 Å². The number of halogens is 1. The summed E-state index contributed by atoms with van der Waals surface area (Å²) in [6.45, 7) is 1.72. The van der Waals surface area contributed by atoms with Gasteiger partial charge in [0.2, 0.25) is 0 Å². The summed E-state index contributed by atoms with van der Waals surface area (Å²) < 4.78 is 5.96. The number of carbonyl (C=O) groups excluding carboxylic acids is 1. The number of methoxy groups -OCH3 is 1. The molecule has 0 saturated heterocycles. The Morgan fingerprint density at radius 3 is 3.04 bits per heavy atom. The molecule has 1 aromatic heterocycles. The van der Waals surface area contributed by atoms with Gasteiger partial charge in [0.1, 0.15) is 10.8 Å². The minimum Gasteiger partial charge on any atom is -0.507 e. The number of fused-ring (bicyclic) bond motifs is 1. The van der Waals surface area contributed by atoms with Crippen LogP contribution < -0.4 is 0 Å². The fourth-order valence-corrected chi connectivity index (χ4v) is 4.45. The molecule has 24 heavy (non-hydrogen) atoms. The average Bonchev–Trinajstić information content (AvgIpc) is 2.92. The van der Waals surface area contributed by atoms with Crippen molar-refractivity contribution < 1.29 is 14.6 Å². The number of esters is 1. The summed E-state index contributed by atoms with van der Waals surface area (Å²) in [6, 6.07) is 5.31. The number of likely N-dealkylation sites (N-methyl/N-ethyl adjacent to an activating group) is 1. The van der Waals surface area contributed by atoms with E-state index >= 15 is 0 Å². The van der Waals surface area contributed by atoms with Crippen LogP contribution in [0.5, 0.6) is 5.75 Å². The number of nitrogens with zero attached hydrogens (tertiary/aromatic N) is 2. The van der Waals surface area contributed by atoms with Gasteiger partial charge in [0.25, 0.3) is 0 Å². The van der Waals surface area contributed by atoms with Gasteiger partial charge in [-0.2, -0.15) is 0 Å². The van der Waals surface area contributed by atoms with Gasteiger partial charge in [-0.25, -0.2) is 9.79 Å². The lowest BCUT2D eigenvalue weighted by atomic mass is 10.0. The van der Waals surface area contributed by atoms with E-state index in [1.807, 2.05) is 12.1 Å². The summed E-state index contributed by atoms with van der Waals surface area (Å²) in [4.78, 5) is 20.1. The molecule has 0 fully saturated rings. The van der Waals surface area contributed by atoms with E-state index in [4.69, 9.17) is 4.74 Å². The van der Waals surface area contributed by atoms with Gasteiger partial charge in [-0.15, -0.1) is 11.3 Å². The second-order valence-corrected chi connectivity index (χ2v) is 7.95. The highest BCUT2D eigenvalue weighted by Crippen LogP contribution is 2.39. The number of rotatable bonds is 3. The minimum absolute atomic E-state index is 0.167. The molecule has 126 valence electrons. The molecular weight excluding hydrogens is 439 g/mol. The first-order valence-corrected chi connectivity index (χ1v) is 9.33. The number of carbonyl (C=O) groups is 1. The van der Waals surface area contributed by atoms with Crippen LogP contribution in [-0.4, -0.2) is 42.9 Å². The molecule has 5 nitrogen and oxygen atoms in total. The quantitative estimate of drug-likeness (QED) is 0.436. The predicted molar refractivity (Wildman–Crippen MR) is 104 cm³/mol. The van der Waals surface area contributed by atoms with Crippen molar-refractivity contribution in [3.05, 3.63) is 43.3 Å². The molecule has 0 saturated carbocycles. The fourth-order valence-electron chi connectivity index (χ4n) is 2.68. The van der Waals surface area contributed by atoms with Crippen molar-refractivity contribution in [2.75, 3.05) is 20.7 Å². The molecule has 2 aromatic rings. The first-order chi connectivity index (χ1) is 11.5. The van der Waals surface area contributed by atoms with E-state index in [2.05, 4.69) is 39.5 Å². The van der Waals surface area contributed by atoms with Crippen LogP contribution in [0.2, 0.25) is 0 Å². The Morgan fingerprint density at radius 2 is 2.29 bits per heavy atom. The first-order valence-electron chi connectivity index (χ1n) is 7.43. The number of hydrogen-bond acceptors (Lipinski definition) is 6. The Morgan fingerprint density at radius 1 is 1.50 bits per heavy atom. The largest absolute Gasteiger partial charge is 0.507 e. The van der Waals surface area contributed by atoms with Crippen molar-refractivity contribution in [2.45, 2.75) is 13.0 Å². The fraction of sp³-hybridized carbons (Fsp3) is 0.294. The molecule has 0 bridgehead atoms. The molecule has 1 aliphatic heterocycles. The van der Waals surface area contributed by atoms with Gasteiger partial charge in [-0.05, 0) is 59.8 Å². The van der Waals surface area contributed by atoms with Crippen molar-refractivity contribution in [2.24, 2.45) is 4.99 Å². The van der Waals surface area contributed by atoms with Gasteiger partial charge < -0.3 is 14.7 Å². The van der Waals surface area contributed by atoms with Crippen LogP contribution in [0.1, 0.15) is 26.4 Å². The number of phenolic OH excluding ortho intramolecular Hbond substituents is 1.